The molecule has 19 heavy (non-hydrogen) atoms. The second-order valence-electron chi connectivity index (χ2n) is 5.35. The molecule has 1 amide bonds. The van der Waals surface area contributed by atoms with Gasteiger partial charge in [0.25, 0.3) is 0 Å². The van der Waals surface area contributed by atoms with Crippen molar-refractivity contribution >= 4 is 12.0 Å². The van der Waals surface area contributed by atoms with Gasteiger partial charge < -0.3 is 10.4 Å². The fourth-order valence-electron chi connectivity index (χ4n) is 1.96. The van der Waals surface area contributed by atoms with Crippen molar-refractivity contribution in [2.24, 2.45) is 5.92 Å². The molecular formula is C16H21NO2. The van der Waals surface area contributed by atoms with Crippen molar-refractivity contribution in [1.29, 1.82) is 0 Å². The average molecular weight is 259 g/mol. The van der Waals surface area contributed by atoms with E-state index in [-0.39, 0.29) is 5.91 Å². The van der Waals surface area contributed by atoms with Crippen LogP contribution in [0.25, 0.3) is 6.08 Å². The first kappa shape index (κ1) is 13.8. The molecule has 1 atom stereocenters. The normalized spacial score (nSPS) is 17.1. The van der Waals surface area contributed by atoms with Gasteiger partial charge in [-0.3, -0.25) is 4.79 Å². The summed E-state index contributed by atoms with van der Waals surface area (Å²) in [5.74, 6) is 0.280. The van der Waals surface area contributed by atoms with Gasteiger partial charge in [-0.25, -0.2) is 0 Å². The lowest BCUT2D eigenvalue weighted by molar-refractivity contribution is -0.117. The molecule has 0 bridgehead atoms. The Labute approximate surface area is 114 Å². The first-order valence-electron chi connectivity index (χ1n) is 6.77. The van der Waals surface area contributed by atoms with Crippen molar-refractivity contribution < 1.29 is 9.90 Å². The van der Waals surface area contributed by atoms with Crippen LogP contribution in [0.5, 0.6) is 0 Å². The van der Waals surface area contributed by atoms with Crippen LogP contribution < -0.4 is 5.32 Å². The van der Waals surface area contributed by atoms with E-state index in [1.807, 2.05) is 37.3 Å². The molecule has 0 aliphatic heterocycles. The summed E-state index contributed by atoms with van der Waals surface area (Å²) < 4.78 is 0. The number of aryl methyl sites for hydroxylation is 1. The zero-order chi connectivity index (χ0) is 13.8. The van der Waals surface area contributed by atoms with E-state index in [4.69, 9.17) is 0 Å². The molecule has 0 spiro atoms. The molecule has 1 aromatic rings. The Bertz CT molecular complexity index is 472. The summed E-state index contributed by atoms with van der Waals surface area (Å²) >= 11 is 0. The van der Waals surface area contributed by atoms with Crippen molar-refractivity contribution in [3.05, 3.63) is 41.0 Å². The monoisotopic (exact) mass is 259 g/mol. The predicted octanol–water partition coefficient (Wildman–Crippen LogP) is 2.29. The maximum Gasteiger partial charge on any atom is 0.247 e. The van der Waals surface area contributed by atoms with Gasteiger partial charge in [0.05, 0.1) is 6.10 Å². The average Bonchev–Trinajstić information content (AvgIpc) is 3.22. The van der Waals surface area contributed by atoms with Gasteiger partial charge in [0.15, 0.2) is 0 Å². The number of aliphatic hydroxyl groups excluding tert-OH is 1. The number of nitrogens with one attached hydrogen (secondary N) is 1. The number of hydrogen-bond donors (Lipinski definition) is 2. The number of benzene rings is 1. The third-order valence-corrected chi connectivity index (χ3v) is 3.46. The van der Waals surface area contributed by atoms with Crippen LogP contribution in [0.15, 0.2) is 29.8 Å². The molecule has 0 radical (unpaired) electrons. The molecule has 3 nitrogen and oxygen atoms in total. The predicted molar refractivity (Wildman–Crippen MR) is 76.6 cm³/mol. The van der Waals surface area contributed by atoms with Gasteiger partial charge in [0.1, 0.15) is 0 Å². The van der Waals surface area contributed by atoms with Gasteiger partial charge in [0, 0.05) is 12.1 Å². The van der Waals surface area contributed by atoms with Crippen LogP contribution in [0.1, 0.15) is 30.9 Å². The van der Waals surface area contributed by atoms with Crippen LogP contribution >= 0.6 is 0 Å². The number of aliphatic hydroxyl groups is 1. The second kappa shape index (κ2) is 6.02. The third-order valence-electron chi connectivity index (χ3n) is 3.46. The first-order chi connectivity index (χ1) is 9.06. The lowest BCUT2D eigenvalue weighted by Crippen LogP contribution is -2.33. The van der Waals surface area contributed by atoms with E-state index < -0.39 is 6.10 Å². The van der Waals surface area contributed by atoms with Crippen LogP contribution in [0.2, 0.25) is 0 Å². The quantitative estimate of drug-likeness (QED) is 0.797. The molecule has 2 N–H and O–H groups in total. The third kappa shape index (κ3) is 4.21. The fourth-order valence-corrected chi connectivity index (χ4v) is 1.96. The number of carbonyl (C=O) groups excluding carboxylic acids is 1. The number of carbonyl (C=O) groups is 1. The standard InChI is InChI=1S/C16H21NO2/c1-11-3-5-13(6-4-11)9-12(2)16(19)17-10-15(18)14-7-8-14/h3-6,9,14-15,18H,7-8,10H2,1-2H3,(H,17,19)/b12-9-. The second-order valence-corrected chi connectivity index (χ2v) is 5.35. The molecule has 1 saturated carbocycles. The van der Waals surface area contributed by atoms with E-state index in [2.05, 4.69) is 5.32 Å². The molecule has 1 unspecified atom stereocenters. The van der Waals surface area contributed by atoms with Crippen LogP contribution in [-0.2, 0) is 4.79 Å². The topological polar surface area (TPSA) is 49.3 Å². The highest BCUT2D eigenvalue weighted by atomic mass is 16.3. The molecule has 3 heteroatoms. The molecule has 1 aromatic carbocycles. The van der Waals surface area contributed by atoms with Crippen LogP contribution in [0.3, 0.4) is 0 Å². The number of amides is 1. The van der Waals surface area contributed by atoms with Gasteiger partial charge in [0.2, 0.25) is 5.91 Å². The molecule has 1 aliphatic carbocycles. The molecule has 2 rings (SSSR count). The number of hydrogen-bond acceptors (Lipinski definition) is 2. The Morgan fingerprint density at radius 3 is 2.63 bits per heavy atom. The molecule has 1 fully saturated rings. The van der Waals surface area contributed by atoms with Crippen molar-refractivity contribution in [3.8, 4) is 0 Å². The molecule has 0 saturated heterocycles. The summed E-state index contributed by atoms with van der Waals surface area (Å²) in [7, 11) is 0. The van der Waals surface area contributed by atoms with E-state index in [0.717, 1.165) is 18.4 Å². The molecule has 1 aliphatic rings. The summed E-state index contributed by atoms with van der Waals surface area (Å²) in [6, 6.07) is 8.03. The van der Waals surface area contributed by atoms with Crippen LogP contribution in [0, 0.1) is 12.8 Å². The maximum atomic E-state index is 11.9. The summed E-state index contributed by atoms with van der Waals surface area (Å²) in [4.78, 5) is 11.9. The lowest BCUT2D eigenvalue weighted by atomic mass is 10.1. The Morgan fingerprint density at radius 1 is 1.42 bits per heavy atom. The molecule has 0 heterocycles. The Balaban J connectivity index is 1.88. The van der Waals surface area contributed by atoms with E-state index in [1.54, 1.807) is 6.92 Å². The van der Waals surface area contributed by atoms with Gasteiger partial charge in [-0.2, -0.15) is 0 Å². The van der Waals surface area contributed by atoms with Gasteiger partial charge >= 0.3 is 0 Å². The minimum Gasteiger partial charge on any atom is -0.391 e. The zero-order valence-electron chi connectivity index (χ0n) is 11.5. The molecular weight excluding hydrogens is 238 g/mol. The van der Waals surface area contributed by atoms with E-state index >= 15 is 0 Å². The van der Waals surface area contributed by atoms with Gasteiger partial charge in [-0.15, -0.1) is 0 Å². The van der Waals surface area contributed by atoms with E-state index in [1.165, 1.54) is 5.56 Å². The Morgan fingerprint density at radius 2 is 2.05 bits per heavy atom. The summed E-state index contributed by atoms with van der Waals surface area (Å²) in [5, 5.41) is 12.5. The molecule has 0 aromatic heterocycles. The van der Waals surface area contributed by atoms with Crippen molar-refractivity contribution in [3.63, 3.8) is 0 Å². The Hall–Kier alpha value is -1.61. The fraction of sp³-hybridized carbons (Fsp3) is 0.438. The minimum absolute atomic E-state index is 0.111. The zero-order valence-corrected chi connectivity index (χ0v) is 11.5. The summed E-state index contributed by atoms with van der Waals surface area (Å²) in [5.41, 5.74) is 2.87. The van der Waals surface area contributed by atoms with Crippen LogP contribution in [0.4, 0.5) is 0 Å². The lowest BCUT2D eigenvalue weighted by Gasteiger charge is -2.10. The highest BCUT2D eigenvalue weighted by Gasteiger charge is 2.29. The van der Waals surface area contributed by atoms with Crippen LogP contribution in [-0.4, -0.2) is 23.7 Å². The van der Waals surface area contributed by atoms with Crippen molar-refractivity contribution in [1.82, 2.24) is 5.32 Å². The van der Waals surface area contributed by atoms with E-state index in [0.29, 0.717) is 18.0 Å². The minimum atomic E-state index is -0.392. The van der Waals surface area contributed by atoms with Gasteiger partial charge in [-0.05, 0) is 44.2 Å². The summed E-state index contributed by atoms with van der Waals surface area (Å²) in [6.07, 6.45) is 3.62. The number of rotatable bonds is 5. The van der Waals surface area contributed by atoms with Crippen molar-refractivity contribution in [2.75, 3.05) is 6.54 Å². The largest absolute Gasteiger partial charge is 0.391 e. The summed E-state index contributed by atoms with van der Waals surface area (Å²) in [6.45, 7) is 4.17. The highest BCUT2D eigenvalue weighted by Crippen LogP contribution is 2.32. The van der Waals surface area contributed by atoms with Gasteiger partial charge in [-0.1, -0.05) is 29.8 Å². The highest BCUT2D eigenvalue weighted by molar-refractivity contribution is 5.97. The first-order valence-corrected chi connectivity index (χ1v) is 6.77. The smallest absolute Gasteiger partial charge is 0.247 e. The maximum absolute atomic E-state index is 11.9. The van der Waals surface area contributed by atoms with E-state index in [9.17, 15) is 9.90 Å². The molecule has 102 valence electrons. The Kier molecular flexibility index (Phi) is 4.38. The van der Waals surface area contributed by atoms with Crippen molar-refractivity contribution in [2.45, 2.75) is 32.8 Å². The SMILES string of the molecule is C/C(=C/c1ccc(C)cc1)C(=O)NCC(O)C1CC1.